The van der Waals surface area contributed by atoms with Crippen LogP contribution in [0.1, 0.15) is 61.0 Å². The van der Waals surface area contributed by atoms with Crippen molar-refractivity contribution in [3.05, 3.63) is 29.8 Å². The van der Waals surface area contributed by atoms with E-state index in [4.69, 9.17) is 33.1 Å². The van der Waals surface area contributed by atoms with E-state index >= 15 is 0 Å². The average molecular weight is 584 g/mol. The summed E-state index contributed by atoms with van der Waals surface area (Å²) in [5.41, 5.74) is 1.18. The lowest BCUT2D eigenvalue weighted by Gasteiger charge is -2.47. The highest BCUT2D eigenvalue weighted by Crippen LogP contribution is 2.38. The maximum atomic E-state index is 12.8. The van der Waals surface area contributed by atoms with E-state index in [0.717, 1.165) is 19.4 Å². The van der Waals surface area contributed by atoms with Gasteiger partial charge in [-0.05, 0) is 38.0 Å². The zero-order valence-electron chi connectivity index (χ0n) is 24.8. The molecule has 1 aromatic rings. The van der Waals surface area contributed by atoms with Crippen LogP contribution < -0.4 is 5.32 Å². The molecule has 13 heteroatoms. The molecule has 0 radical (unpaired) electrons. The molecule has 1 saturated heterocycles. The molecule has 1 fully saturated rings. The molecule has 1 aromatic carbocycles. The first kappa shape index (κ1) is 33.2. The van der Waals surface area contributed by atoms with Crippen LogP contribution in [0.25, 0.3) is 0 Å². The van der Waals surface area contributed by atoms with Crippen LogP contribution in [0.2, 0.25) is 18.1 Å². The lowest BCUT2D eigenvalue weighted by molar-refractivity contribution is -0.445. The van der Waals surface area contributed by atoms with E-state index in [1.165, 1.54) is 20.8 Å². The van der Waals surface area contributed by atoms with Crippen LogP contribution in [0.4, 0.5) is 10.5 Å². The third-order valence-electron chi connectivity index (χ3n) is 6.85. The van der Waals surface area contributed by atoms with Gasteiger partial charge in [0, 0.05) is 32.0 Å². The largest absolute Gasteiger partial charge is 0.456 e. The highest BCUT2D eigenvalue weighted by molar-refractivity contribution is 6.74. The van der Waals surface area contributed by atoms with E-state index in [-0.39, 0.29) is 11.6 Å². The average Bonchev–Trinajstić information content (AvgIpc) is 2.81. The lowest BCUT2D eigenvalue weighted by atomic mass is 9.93. The fourth-order valence-corrected chi connectivity index (χ4v) is 4.78. The van der Waals surface area contributed by atoms with Crippen molar-refractivity contribution in [2.24, 2.45) is 0 Å². The summed E-state index contributed by atoms with van der Waals surface area (Å²) in [6.45, 7) is 17.3. The predicted molar refractivity (Wildman–Crippen MR) is 145 cm³/mol. The highest BCUT2D eigenvalue weighted by Gasteiger charge is 2.59. The van der Waals surface area contributed by atoms with E-state index in [2.05, 4.69) is 39.2 Å². The third kappa shape index (κ3) is 8.75. The molecule has 5 atom stereocenters. The smallest absolute Gasteiger partial charge is 0.443 e. The molecule has 0 saturated carbocycles. The Hall–Kier alpha value is -3.00. The van der Waals surface area contributed by atoms with Gasteiger partial charge in [-0.15, -0.1) is 4.89 Å². The minimum Gasteiger partial charge on any atom is -0.456 e. The molecule has 0 aliphatic carbocycles. The molecule has 0 spiro atoms. The molecule has 0 aromatic heterocycles. The number of carbonyl (C=O) groups is 4. The summed E-state index contributed by atoms with van der Waals surface area (Å²) in [7, 11) is -2.05. The van der Waals surface area contributed by atoms with E-state index in [9.17, 15) is 19.2 Å². The number of rotatable bonds is 9. The Morgan fingerprint density at radius 3 is 2.05 bits per heavy atom. The van der Waals surface area contributed by atoms with Gasteiger partial charge < -0.3 is 23.4 Å². The van der Waals surface area contributed by atoms with Gasteiger partial charge >= 0.3 is 24.0 Å². The molecule has 2 rings (SSSR count). The highest BCUT2D eigenvalue weighted by atomic mass is 28.4. The third-order valence-corrected chi connectivity index (χ3v) is 11.3. The molecule has 224 valence electrons. The number of carbonyl (C=O) groups excluding carboxylic acids is 4. The van der Waals surface area contributed by atoms with Crippen molar-refractivity contribution in [1.82, 2.24) is 0 Å². The lowest BCUT2D eigenvalue weighted by Crippen LogP contribution is -2.66. The molecule has 0 bridgehead atoms. The molecule has 1 amide bonds. The minimum atomic E-state index is -2.05. The van der Waals surface area contributed by atoms with Crippen molar-refractivity contribution in [1.29, 1.82) is 0 Å². The zero-order chi connectivity index (χ0) is 30.5. The van der Waals surface area contributed by atoms with Gasteiger partial charge in [0.15, 0.2) is 26.6 Å². The fourth-order valence-electron chi connectivity index (χ4n) is 3.83. The summed E-state index contributed by atoms with van der Waals surface area (Å²) in [4.78, 5) is 58.7. The molecule has 1 heterocycles. The fraction of sp³-hybridized carbons (Fsp3) is 0.630. The molecular formula is C27H41NO11Si. The van der Waals surface area contributed by atoms with Crippen LogP contribution in [0.15, 0.2) is 24.3 Å². The Morgan fingerprint density at radius 2 is 1.50 bits per heavy atom. The summed E-state index contributed by atoms with van der Waals surface area (Å²) < 4.78 is 28.2. The molecular weight excluding hydrogens is 542 g/mol. The van der Waals surface area contributed by atoms with E-state index in [1.54, 1.807) is 12.1 Å². The number of esters is 3. The van der Waals surface area contributed by atoms with Crippen LogP contribution in [0.3, 0.4) is 0 Å². The second-order valence-electron chi connectivity index (χ2n) is 11.3. The number of anilines is 1. The van der Waals surface area contributed by atoms with Gasteiger partial charge in [0.05, 0.1) is 12.7 Å². The summed E-state index contributed by atoms with van der Waals surface area (Å²) in [5, 5.41) is 2.62. The van der Waals surface area contributed by atoms with Crippen LogP contribution in [-0.2, 0) is 54.1 Å². The summed E-state index contributed by atoms with van der Waals surface area (Å²) in [6.07, 6.45) is -5.83. The standard InChI is InChI=1S/C27H41NO11Si/c1-16-22(34-17(2)29)23(35-18(3)30)24(36-19(4)31)27(8,37-16)39-38-25(32)28-21-14-12-11-13-20(21)15-33-40(9,10)26(5,6)7/h11-14,16,22-24H,15H2,1-10H3,(H,28,32)/t16-,22-,23+,24-,27+/m1/s1. The van der Waals surface area contributed by atoms with Crippen LogP contribution in [0.5, 0.6) is 0 Å². The van der Waals surface area contributed by atoms with Gasteiger partial charge in [0.2, 0.25) is 0 Å². The van der Waals surface area contributed by atoms with Gasteiger partial charge in [-0.1, -0.05) is 39.0 Å². The number of nitrogens with one attached hydrogen (secondary N) is 1. The Bertz CT molecular complexity index is 1090. The Kier molecular flexibility index (Phi) is 10.9. The van der Waals surface area contributed by atoms with Crippen molar-refractivity contribution in [2.75, 3.05) is 5.32 Å². The molecule has 1 N–H and O–H groups in total. The van der Waals surface area contributed by atoms with Crippen LogP contribution >= 0.6 is 0 Å². The monoisotopic (exact) mass is 583 g/mol. The second kappa shape index (κ2) is 13.1. The number of amides is 1. The Morgan fingerprint density at radius 1 is 0.950 bits per heavy atom. The SMILES string of the molecule is CC(=O)O[C@H]1[C@H](OC(C)=O)[C@@H](C)O[C@@](C)(OOC(=O)Nc2ccccc2CO[Si](C)(C)C(C)(C)C)[C@@H]1OC(C)=O. The number of ether oxygens (including phenoxy) is 4. The van der Waals surface area contributed by atoms with Crippen molar-refractivity contribution in [2.45, 2.75) is 110 Å². The first-order valence-electron chi connectivity index (χ1n) is 12.9. The summed E-state index contributed by atoms with van der Waals surface area (Å²) in [6, 6.07) is 7.09. The van der Waals surface area contributed by atoms with Crippen LogP contribution in [0, 0.1) is 0 Å². The maximum absolute atomic E-state index is 12.8. The summed E-state index contributed by atoms with van der Waals surface area (Å²) >= 11 is 0. The van der Waals surface area contributed by atoms with Gasteiger partial charge in [0.25, 0.3) is 5.79 Å². The topological polar surface area (TPSA) is 145 Å². The van der Waals surface area contributed by atoms with E-state index in [1.807, 2.05) is 12.1 Å². The first-order valence-corrected chi connectivity index (χ1v) is 15.8. The van der Waals surface area contributed by atoms with Crippen molar-refractivity contribution < 1.29 is 52.3 Å². The zero-order valence-corrected chi connectivity index (χ0v) is 25.8. The van der Waals surface area contributed by atoms with Crippen LogP contribution in [-0.4, -0.2) is 62.5 Å². The van der Waals surface area contributed by atoms with Gasteiger partial charge in [-0.3, -0.25) is 24.6 Å². The van der Waals surface area contributed by atoms with E-state index in [0.29, 0.717) is 5.69 Å². The molecule has 1 aliphatic heterocycles. The van der Waals surface area contributed by atoms with Gasteiger partial charge in [-0.25, -0.2) is 4.79 Å². The predicted octanol–water partition coefficient (Wildman–Crippen LogP) is 4.62. The molecule has 1 aliphatic rings. The normalized spacial score (nSPS) is 24.9. The number of hydrogen-bond donors (Lipinski definition) is 1. The quantitative estimate of drug-likeness (QED) is 0.143. The molecule has 12 nitrogen and oxygen atoms in total. The van der Waals surface area contributed by atoms with E-state index < -0.39 is 62.5 Å². The Labute approximate surface area is 236 Å². The number of benzene rings is 1. The summed E-state index contributed by atoms with van der Waals surface area (Å²) in [5.74, 6) is -4.11. The van der Waals surface area contributed by atoms with Crippen molar-refractivity contribution in [3.8, 4) is 0 Å². The second-order valence-corrected chi connectivity index (χ2v) is 16.1. The molecule has 0 unspecified atom stereocenters. The molecule has 40 heavy (non-hydrogen) atoms. The maximum Gasteiger partial charge on any atom is 0.443 e. The number of hydrogen-bond acceptors (Lipinski definition) is 11. The Balaban J connectivity index is 2.22. The van der Waals surface area contributed by atoms with Crippen molar-refractivity contribution >= 4 is 38.0 Å². The van der Waals surface area contributed by atoms with Gasteiger partial charge in [-0.2, -0.15) is 0 Å². The minimum absolute atomic E-state index is 0.00559. The van der Waals surface area contributed by atoms with Crippen molar-refractivity contribution in [3.63, 3.8) is 0 Å². The van der Waals surface area contributed by atoms with Gasteiger partial charge in [0.1, 0.15) is 0 Å². The number of para-hydroxylation sites is 1. The first-order chi connectivity index (χ1) is 18.4.